The van der Waals surface area contributed by atoms with E-state index in [-0.39, 0.29) is 6.09 Å². The highest BCUT2D eigenvalue weighted by molar-refractivity contribution is 5.68. The van der Waals surface area contributed by atoms with Crippen LogP contribution in [0.4, 0.5) is 4.79 Å². The van der Waals surface area contributed by atoms with Crippen molar-refractivity contribution in [1.29, 1.82) is 0 Å². The molecule has 0 spiro atoms. The third-order valence-corrected chi connectivity index (χ3v) is 4.12. The van der Waals surface area contributed by atoms with Crippen LogP contribution in [0.15, 0.2) is 0 Å². The van der Waals surface area contributed by atoms with E-state index >= 15 is 0 Å². The van der Waals surface area contributed by atoms with Gasteiger partial charge in [0.2, 0.25) is 0 Å². The molecule has 1 amide bonds. The smallest absolute Gasteiger partial charge is 0.410 e. The SMILES string of the molecule is CC1CN(C(=O)OC(C)(C)C)CCC1N1CCCC1. The molecular formula is C15H28N2O2. The molecule has 0 aliphatic carbocycles. The lowest BCUT2D eigenvalue weighted by atomic mass is 9.93. The summed E-state index contributed by atoms with van der Waals surface area (Å²) in [4.78, 5) is 16.6. The summed E-state index contributed by atoms with van der Waals surface area (Å²) in [5.74, 6) is 0.541. The Kier molecular flexibility index (Phi) is 4.39. The van der Waals surface area contributed by atoms with E-state index in [0.717, 1.165) is 19.5 Å². The number of hydrogen-bond acceptors (Lipinski definition) is 3. The number of nitrogens with zero attached hydrogens (tertiary/aromatic N) is 2. The van der Waals surface area contributed by atoms with Crippen LogP contribution in [-0.4, -0.2) is 53.7 Å². The second-order valence-corrected chi connectivity index (χ2v) is 7.00. The number of piperidine rings is 1. The van der Waals surface area contributed by atoms with Gasteiger partial charge in [0, 0.05) is 19.1 Å². The average Bonchev–Trinajstić information content (AvgIpc) is 2.79. The molecule has 0 radical (unpaired) electrons. The van der Waals surface area contributed by atoms with Crippen molar-refractivity contribution in [1.82, 2.24) is 9.80 Å². The van der Waals surface area contributed by atoms with Gasteiger partial charge >= 0.3 is 6.09 Å². The summed E-state index contributed by atoms with van der Waals surface area (Å²) in [6.45, 7) is 12.2. The van der Waals surface area contributed by atoms with Crippen LogP contribution >= 0.6 is 0 Å². The quantitative estimate of drug-likeness (QED) is 0.733. The Hall–Kier alpha value is -0.770. The van der Waals surface area contributed by atoms with E-state index in [4.69, 9.17) is 4.74 Å². The van der Waals surface area contributed by atoms with Gasteiger partial charge < -0.3 is 9.64 Å². The Morgan fingerprint density at radius 2 is 1.79 bits per heavy atom. The van der Waals surface area contributed by atoms with E-state index in [9.17, 15) is 4.79 Å². The molecule has 2 rings (SSSR count). The van der Waals surface area contributed by atoms with Gasteiger partial charge in [-0.3, -0.25) is 4.90 Å². The Bertz CT molecular complexity index is 319. The van der Waals surface area contributed by atoms with Crippen molar-refractivity contribution in [3.8, 4) is 0 Å². The van der Waals surface area contributed by atoms with E-state index in [1.807, 2.05) is 25.7 Å². The first-order chi connectivity index (χ1) is 8.87. The molecular weight excluding hydrogens is 240 g/mol. The fourth-order valence-electron chi connectivity index (χ4n) is 3.24. The van der Waals surface area contributed by atoms with Crippen molar-refractivity contribution < 1.29 is 9.53 Å². The van der Waals surface area contributed by atoms with E-state index in [2.05, 4.69) is 11.8 Å². The van der Waals surface area contributed by atoms with Crippen molar-refractivity contribution in [2.75, 3.05) is 26.2 Å². The van der Waals surface area contributed by atoms with E-state index in [1.165, 1.54) is 25.9 Å². The summed E-state index contributed by atoms with van der Waals surface area (Å²) in [5, 5.41) is 0. The van der Waals surface area contributed by atoms with Gasteiger partial charge in [0.15, 0.2) is 0 Å². The first kappa shape index (κ1) is 14.6. The molecule has 0 aromatic carbocycles. The summed E-state index contributed by atoms with van der Waals surface area (Å²) in [7, 11) is 0. The van der Waals surface area contributed by atoms with Crippen molar-refractivity contribution in [3.63, 3.8) is 0 Å². The van der Waals surface area contributed by atoms with Crippen LogP contribution in [0, 0.1) is 5.92 Å². The van der Waals surface area contributed by atoms with Crippen molar-refractivity contribution in [2.45, 2.75) is 58.6 Å². The topological polar surface area (TPSA) is 32.8 Å². The molecule has 2 atom stereocenters. The number of likely N-dealkylation sites (tertiary alicyclic amines) is 2. The van der Waals surface area contributed by atoms with Gasteiger partial charge in [0.05, 0.1) is 0 Å². The van der Waals surface area contributed by atoms with Crippen molar-refractivity contribution in [3.05, 3.63) is 0 Å². The summed E-state index contributed by atoms with van der Waals surface area (Å²) in [5.41, 5.74) is -0.397. The number of hydrogen-bond donors (Lipinski definition) is 0. The molecule has 0 saturated carbocycles. The lowest BCUT2D eigenvalue weighted by Gasteiger charge is -2.41. The first-order valence-corrected chi connectivity index (χ1v) is 7.59. The highest BCUT2D eigenvalue weighted by Gasteiger charge is 2.34. The Balaban J connectivity index is 1.87. The van der Waals surface area contributed by atoms with Crippen LogP contribution in [0.5, 0.6) is 0 Å². The third kappa shape index (κ3) is 3.85. The third-order valence-electron chi connectivity index (χ3n) is 4.12. The first-order valence-electron chi connectivity index (χ1n) is 7.59. The molecule has 110 valence electrons. The lowest BCUT2D eigenvalue weighted by molar-refractivity contribution is 0.00634. The van der Waals surface area contributed by atoms with Gasteiger partial charge in [-0.1, -0.05) is 6.92 Å². The van der Waals surface area contributed by atoms with Crippen molar-refractivity contribution >= 4 is 6.09 Å². The molecule has 2 unspecified atom stereocenters. The fraction of sp³-hybridized carbons (Fsp3) is 0.933. The molecule has 0 aromatic rings. The molecule has 0 aromatic heterocycles. The largest absolute Gasteiger partial charge is 0.444 e. The number of ether oxygens (including phenoxy) is 1. The molecule has 4 nitrogen and oxygen atoms in total. The predicted octanol–water partition coefficient (Wildman–Crippen LogP) is 2.73. The number of rotatable bonds is 1. The minimum Gasteiger partial charge on any atom is -0.444 e. The standard InChI is InChI=1S/C15H28N2O2/c1-12-11-17(14(18)19-15(2,3)4)10-7-13(12)16-8-5-6-9-16/h12-13H,5-11H2,1-4H3. The van der Waals surface area contributed by atoms with Gasteiger partial charge in [-0.05, 0) is 59.0 Å². The van der Waals surface area contributed by atoms with Crippen LogP contribution in [0.1, 0.15) is 47.0 Å². The molecule has 2 aliphatic rings. The van der Waals surface area contributed by atoms with Gasteiger partial charge in [-0.15, -0.1) is 0 Å². The molecule has 0 bridgehead atoms. The lowest BCUT2D eigenvalue weighted by Crippen LogP contribution is -2.51. The average molecular weight is 268 g/mol. The minimum absolute atomic E-state index is 0.153. The Morgan fingerprint density at radius 1 is 1.16 bits per heavy atom. The normalized spacial score (nSPS) is 29.6. The Morgan fingerprint density at radius 3 is 2.32 bits per heavy atom. The summed E-state index contributed by atoms with van der Waals surface area (Å²) < 4.78 is 5.46. The van der Waals surface area contributed by atoms with Crippen LogP contribution in [0.3, 0.4) is 0 Å². The fourth-order valence-corrected chi connectivity index (χ4v) is 3.24. The van der Waals surface area contributed by atoms with E-state index in [0.29, 0.717) is 12.0 Å². The molecule has 2 heterocycles. The van der Waals surface area contributed by atoms with E-state index < -0.39 is 5.60 Å². The van der Waals surface area contributed by atoms with Crippen LogP contribution in [-0.2, 0) is 4.74 Å². The maximum atomic E-state index is 12.1. The number of carbonyl (C=O) groups excluding carboxylic acids is 1. The van der Waals surface area contributed by atoms with Gasteiger partial charge in [-0.2, -0.15) is 0 Å². The summed E-state index contributed by atoms with van der Waals surface area (Å²) >= 11 is 0. The molecule has 2 fully saturated rings. The van der Waals surface area contributed by atoms with E-state index in [1.54, 1.807) is 0 Å². The summed E-state index contributed by atoms with van der Waals surface area (Å²) in [6, 6.07) is 0.654. The predicted molar refractivity (Wildman–Crippen MR) is 76.2 cm³/mol. The van der Waals surface area contributed by atoms with Crippen LogP contribution < -0.4 is 0 Å². The monoisotopic (exact) mass is 268 g/mol. The maximum Gasteiger partial charge on any atom is 0.410 e. The molecule has 2 aliphatic heterocycles. The molecule has 0 N–H and O–H groups in total. The van der Waals surface area contributed by atoms with Gasteiger partial charge in [-0.25, -0.2) is 4.79 Å². The zero-order valence-electron chi connectivity index (χ0n) is 12.8. The van der Waals surface area contributed by atoms with Crippen LogP contribution in [0.2, 0.25) is 0 Å². The zero-order chi connectivity index (χ0) is 14.0. The van der Waals surface area contributed by atoms with Crippen molar-refractivity contribution in [2.24, 2.45) is 5.92 Å². The highest BCUT2D eigenvalue weighted by Crippen LogP contribution is 2.26. The second kappa shape index (κ2) is 5.70. The minimum atomic E-state index is -0.397. The van der Waals surface area contributed by atoms with Gasteiger partial charge in [0.1, 0.15) is 5.60 Å². The number of amides is 1. The summed E-state index contributed by atoms with van der Waals surface area (Å²) in [6.07, 6.45) is 3.59. The number of carbonyl (C=O) groups is 1. The molecule has 19 heavy (non-hydrogen) atoms. The zero-order valence-corrected chi connectivity index (χ0v) is 12.8. The molecule has 2 saturated heterocycles. The second-order valence-electron chi connectivity index (χ2n) is 7.00. The molecule has 4 heteroatoms. The van der Waals surface area contributed by atoms with Gasteiger partial charge in [0.25, 0.3) is 0 Å². The Labute approximate surface area is 117 Å². The van der Waals surface area contributed by atoms with Crippen LogP contribution in [0.25, 0.3) is 0 Å². The maximum absolute atomic E-state index is 12.1. The highest BCUT2D eigenvalue weighted by atomic mass is 16.6.